The van der Waals surface area contributed by atoms with Gasteiger partial charge in [0.15, 0.2) is 11.5 Å². The van der Waals surface area contributed by atoms with Crippen molar-refractivity contribution in [1.82, 2.24) is 9.62 Å². The second kappa shape index (κ2) is 14.1. The van der Waals surface area contributed by atoms with Crippen molar-refractivity contribution in [3.05, 3.63) is 54.1 Å². The van der Waals surface area contributed by atoms with Crippen molar-refractivity contribution in [2.24, 2.45) is 5.41 Å². The Bertz CT molecular complexity index is 1250. The molecule has 0 radical (unpaired) electrons. The fraction of sp³-hybridized carbons (Fsp3) is 0.567. The minimum Gasteiger partial charge on any atom is -0.454 e. The van der Waals surface area contributed by atoms with Crippen molar-refractivity contribution in [1.29, 1.82) is 0 Å². The number of hydrogen-bond donors (Lipinski definition) is 2. The largest absolute Gasteiger partial charge is 0.454 e. The van der Waals surface area contributed by atoms with Crippen LogP contribution < -0.4 is 14.8 Å². The van der Waals surface area contributed by atoms with Gasteiger partial charge in [-0.3, -0.25) is 0 Å². The standard InChI is InChI=1S/C30H43ClN2O7S/c1-29(2,3)40-28(35)32-24(17-22-11-7-6-8-12-22)25(34)19-33(20-30(4,5)15-9-10-16-31)41(36,37)23-13-14-26-27(18-23)39-21-38-26/h6-8,11-14,18,24-25,34H,9-10,15-17,19-21H2,1-5H3,(H,32,35)/t24-,25+/m0/s1. The first kappa shape index (κ1) is 33.0. The van der Waals surface area contributed by atoms with Crippen LogP contribution in [0.4, 0.5) is 4.79 Å². The van der Waals surface area contributed by atoms with Gasteiger partial charge >= 0.3 is 6.09 Å². The lowest BCUT2D eigenvalue weighted by atomic mass is 9.87. The summed E-state index contributed by atoms with van der Waals surface area (Å²) in [5.74, 6) is 1.36. The maximum atomic E-state index is 14.1. The molecule has 2 aromatic carbocycles. The molecule has 228 valence electrons. The summed E-state index contributed by atoms with van der Waals surface area (Å²) in [6, 6.07) is 13.1. The molecule has 2 aromatic rings. The van der Waals surface area contributed by atoms with Gasteiger partial charge in [-0.15, -0.1) is 11.6 Å². The number of carbonyl (C=O) groups excluding carboxylic acids is 1. The lowest BCUT2D eigenvalue weighted by molar-refractivity contribution is 0.0391. The van der Waals surface area contributed by atoms with Gasteiger partial charge < -0.3 is 24.6 Å². The number of benzene rings is 2. The molecule has 11 heteroatoms. The van der Waals surface area contributed by atoms with Crippen LogP contribution in [0.2, 0.25) is 0 Å². The summed E-state index contributed by atoms with van der Waals surface area (Å²) in [6.45, 7) is 9.17. The fourth-order valence-electron chi connectivity index (χ4n) is 4.63. The van der Waals surface area contributed by atoms with E-state index in [2.05, 4.69) is 5.32 Å². The highest BCUT2D eigenvalue weighted by Crippen LogP contribution is 2.36. The average molecular weight is 611 g/mol. The van der Waals surface area contributed by atoms with E-state index in [1.807, 2.05) is 44.2 Å². The van der Waals surface area contributed by atoms with Gasteiger partial charge in [-0.05, 0) is 63.1 Å². The molecule has 3 rings (SSSR count). The SMILES string of the molecule is CC(C)(CCCCCl)CN(C[C@@H](O)[C@H](Cc1ccccc1)NC(=O)OC(C)(C)C)S(=O)(=O)c1ccc2c(c1)OCO2. The number of hydrogen-bond acceptors (Lipinski definition) is 7. The Labute approximate surface area is 249 Å². The number of carbonyl (C=O) groups is 1. The van der Waals surface area contributed by atoms with Gasteiger partial charge in [-0.2, -0.15) is 4.31 Å². The van der Waals surface area contributed by atoms with E-state index in [0.717, 1.165) is 24.8 Å². The average Bonchev–Trinajstić information content (AvgIpc) is 3.35. The summed E-state index contributed by atoms with van der Waals surface area (Å²) in [7, 11) is -4.08. The van der Waals surface area contributed by atoms with E-state index in [0.29, 0.717) is 17.4 Å². The van der Waals surface area contributed by atoms with Crippen molar-refractivity contribution in [2.45, 2.75) is 82.9 Å². The zero-order valence-corrected chi connectivity index (χ0v) is 26.1. The molecule has 2 N–H and O–H groups in total. The molecule has 9 nitrogen and oxygen atoms in total. The molecule has 0 aliphatic carbocycles. The number of alkyl carbamates (subject to hydrolysis) is 1. The number of aliphatic hydroxyl groups excluding tert-OH is 1. The predicted octanol–water partition coefficient (Wildman–Crippen LogP) is 5.34. The zero-order chi connectivity index (χ0) is 30.3. The van der Waals surface area contributed by atoms with Crippen LogP contribution in [0, 0.1) is 5.41 Å². The van der Waals surface area contributed by atoms with Crippen molar-refractivity contribution in [3.8, 4) is 11.5 Å². The molecule has 0 saturated carbocycles. The topological polar surface area (TPSA) is 114 Å². The fourth-order valence-corrected chi connectivity index (χ4v) is 6.49. The number of nitrogens with one attached hydrogen (secondary N) is 1. The third kappa shape index (κ3) is 10.1. The molecule has 0 saturated heterocycles. The highest BCUT2D eigenvalue weighted by atomic mass is 35.5. The van der Waals surface area contributed by atoms with Crippen LogP contribution in [0.25, 0.3) is 0 Å². The number of nitrogens with zero attached hydrogens (tertiary/aromatic N) is 1. The molecule has 41 heavy (non-hydrogen) atoms. The van der Waals surface area contributed by atoms with Gasteiger partial charge in [0.25, 0.3) is 0 Å². The van der Waals surface area contributed by atoms with Crippen molar-refractivity contribution in [2.75, 3.05) is 25.8 Å². The summed E-state index contributed by atoms with van der Waals surface area (Å²) >= 11 is 5.88. The number of halogens is 1. The van der Waals surface area contributed by atoms with Crippen LogP contribution in [0.1, 0.15) is 59.4 Å². The summed E-state index contributed by atoms with van der Waals surface area (Å²) in [6.07, 6.45) is 0.745. The summed E-state index contributed by atoms with van der Waals surface area (Å²) in [5.41, 5.74) is -0.282. The third-order valence-corrected chi connectivity index (χ3v) is 8.75. The Morgan fingerprint density at radius 2 is 1.76 bits per heavy atom. The number of amides is 1. The van der Waals surface area contributed by atoms with E-state index in [4.69, 9.17) is 25.8 Å². The first-order valence-electron chi connectivity index (χ1n) is 13.9. The minimum atomic E-state index is -4.08. The van der Waals surface area contributed by atoms with E-state index in [1.165, 1.54) is 16.4 Å². The second-order valence-electron chi connectivity index (χ2n) is 12.1. The van der Waals surface area contributed by atoms with Crippen LogP contribution in [-0.4, -0.2) is 67.4 Å². The Morgan fingerprint density at radius 3 is 2.41 bits per heavy atom. The van der Waals surface area contributed by atoms with Crippen LogP contribution in [0.3, 0.4) is 0 Å². The highest BCUT2D eigenvalue weighted by Gasteiger charge is 2.35. The monoisotopic (exact) mass is 610 g/mol. The van der Waals surface area contributed by atoms with Gasteiger partial charge in [0, 0.05) is 25.0 Å². The number of fused-ring (bicyclic) bond motifs is 1. The number of rotatable bonds is 14. The highest BCUT2D eigenvalue weighted by molar-refractivity contribution is 7.89. The summed E-state index contributed by atoms with van der Waals surface area (Å²) < 4.78 is 45.6. The number of alkyl halides is 1. The molecular formula is C30H43ClN2O7S. The van der Waals surface area contributed by atoms with Gasteiger partial charge in [-0.1, -0.05) is 50.6 Å². The summed E-state index contributed by atoms with van der Waals surface area (Å²) in [4.78, 5) is 12.8. The van der Waals surface area contributed by atoms with Gasteiger partial charge in [0.1, 0.15) is 5.60 Å². The summed E-state index contributed by atoms with van der Waals surface area (Å²) in [5, 5.41) is 14.3. The molecule has 2 atom stereocenters. The molecule has 0 fully saturated rings. The van der Waals surface area contributed by atoms with E-state index < -0.39 is 39.3 Å². The predicted molar refractivity (Wildman–Crippen MR) is 159 cm³/mol. The van der Waals surface area contributed by atoms with E-state index >= 15 is 0 Å². The van der Waals surface area contributed by atoms with Gasteiger partial charge in [0.05, 0.1) is 17.0 Å². The Hall–Kier alpha value is -2.53. The molecular weight excluding hydrogens is 568 g/mol. The molecule has 0 unspecified atom stereocenters. The number of unbranched alkanes of at least 4 members (excludes halogenated alkanes) is 1. The lowest BCUT2D eigenvalue weighted by Crippen LogP contribution is -2.52. The first-order chi connectivity index (χ1) is 19.2. The molecule has 0 aromatic heterocycles. The minimum absolute atomic E-state index is 0.0202. The Balaban J connectivity index is 1.92. The van der Waals surface area contributed by atoms with Crippen LogP contribution >= 0.6 is 11.6 Å². The number of ether oxygens (including phenoxy) is 3. The van der Waals surface area contributed by atoms with Crippen LogP contribution in [0.15, 0.2) is 53.4 Å². The molecule has 0 bridgehead atoms. The molecule has 0 spiro atoms. The van der Waals surface area contributed by atoms with Crippen LogP contribution in [-0.2, 0) is 21.2 Å². The van der Waals surface area contributed by atoms with Crippen LogP contribution in [0.5, 0.6) is 11.5 Å². The Morgan fingerprint density at radius 1 is 1.07 bits per heavy atom. The maximum absolute atomic E-state index is 14.1. The normalized spacial score (nSPS) is 15.0. The van der Waals surface area contributed by atoms with Crippen molar-refractivity contribution >= 4 is 27.7 Å². The maximum Gasteiger partial charge on any atom is 0.407 e. The molecule has 1 amide bonds. The van der Waals surface area contributed by atoms with E-state index in [1.54, 1.807) is 26.8 Å². The first-order valence-corrected chi connectivity index (χ1v) is 15.8. The van der Waals surface area contributed by atoms with Crippen molar-refractivity contribution < 1.29 is 32.5 Å². The second-order valence-corrected chi connectivity index (χ2v) is 14.4. The molecule has 1 aliphatic heterocycles. The smallest absolute Gasteiger partial charge is 0.407 e. The van der Waals surface area contributed by atoms with Gasteiger partial charge in [-0.25, -0.2) is 13.2 Å². The number of sulfonamides is 1. The quantitative estimate of drug-likeness (QED) is 0.219. The third-order valence-electron chi connectivity index (χ3n) is 6.68. The Kier molecular flexibility index (Phi) is 11.3. The molecule has 1 heterocycles. The molecule has 1 aliphatic rings. The zero-order valence-electron chi connectivity index (χ0n) is 24.6. The van der Waals surface area contributed by atoms with E-state index in [-0.39, 0.29) is 31.2 Å². The van der Waals surface area contributed by atoms with Gasteiger partial charge in [0.2, 0.25) is 16.8 Å². The van der Waals surface area contributed by atoms with E-state index in [9.17, 15) is 18.3 Å². The number of aliphatic hydroxyl groups is 1. The lowest BCUT2D eigenvalue weighted by Gasteiger charge is -2.35. The van der Waals surface area contributed by atoms with Crippen molar-refractivity contribution in [3.63, 3.8) is 0 Å².